The van der Waals surface area contributed by atoms with E-state index in [1.165, 1.54) is 12.8 Å². The van der Waals surface area contributed by atoms with Crippen LogP contribution in [0.3, 0.4) is 0 Å². The molecule has 3 rings (SSSR count). The van der Waals surface area contributed by atoms with Crippen LogP contribution in [0.5, 0.6) is 11.5 Å². The molecule has 2 fully saturated rings. The molecule has 2 saturated carbocycles. The minimum Gasteiger partial charge on any atom is -0.493 e. The average Bonchev–Trinajstić information content (AvgIpc) is 3.43. The lowest BCUT2D eigenvalue weighted by Gasteiger charge is -2.17. The highest BCUT2D eigenvalue weighted by Crippen LogP contribution is 2.70. The van der Waals surface area contributed by atoms with Crippen molar-refractivity contribution in [3.05, 3.63) is 24.3 Å². The van der Waals surface area contributed by atoms with Crippen molar-refractivity contribution < 1.29 is 14.3 Å². The Labute approximate surface area is 126 Å². The number of carbonyl (C=O) groups is 1. The normalized spacial score (nSPS) is 21.0. The van der Waals surface area contributed by atoms with Gasteiger partial charge in [0.15, 0.2) is 11.5 Å². The van der Waals surface area contributed by atoms with Crippen molar-refractivity contribution in [2.45, 2.75) is 25.7 Å². The molecule has 0 heterocycles. The first-order valence-electron chi connectivity index (χ1n) is 7.67. The molecular weight excluding hydrogens is 266 g/mol. The quantitative estimate of drug-likeness (QED) is 0.724. The van der Waals surface area contributed by atoms with Gasteiger partial charge < -0.3 is 14.4 Å². The van der Waals surface area contributed by atoms with Gasteiger partial charge in [-0.2, -0.15) is 0 Å². The lowest BCUT2D eigenvalue weighted by Crippen LogP contribution is -2.30. The number of ether oxygens (including phenoxy) is 2. The molecule has 4 nitrogen and oxygen atoms in total. The molecule has 2 aliphatic rings. The highest BCUT2D eigenvalue weighted by molar-refractivity contribution is 5.83. The Hall–Kier alpha value is -1.71. The van der Waals surface area contributed by atoms with Crippen molar-refractivity contribution in [3.8, 4) is 11.5 Å². The highest BCUT2D eigenvalue weighted by atomic mass is 16.5. The molecule has 1 spiro atoms. The van der Waals surface area contributed by atoms with Gasteiger partial charge in [0.2, 0.25) is 5.91 Å². The zero-order valence-corrected chi connectivity index (χ0v) is 12.8. The summed E-state index contributed by atoms with van der Waals surface area (Å²) in [5.74, 6) is 2.14. The molecule has 0 aliphatic heterocycles. The molecule has 0 unspecified atom stereocenters. The van der Waals surface area contributed by atoms with Gasteiger partial charge in [0, 0.05) is 19.5 Å². The molecule has 114 valence electrons. The van der Waals surface area contributed by atoms with Crippen molar-refractivity contribution in [2.75, 3.05) is 27.3 Å². The Morgan fingerprint density at radius 1 is 1.33 bits per heavy atom. The van der Waals surface area contributed by atoms with E-state index in [0.717, 1.165) is 30.9 Å². The van der Waals surface area contributed by atoms with Crippen LogP contribution < -0.4 is 9.47 Å². The van der Waals surface area contributed by atoms with Crippen molar-refractivity contribution >= 4 is 5.91 Å². The summed E-state index contributed by atoms with van der Waals surface area (Å²) in [7, 11) is 3.54. The summed E-state index contributed by atoms with van der Waals surface area (Å²) < 4.78 is 11.0. The topological polar surface area (TPSA) is 38.8 Å². The van der Waals surface area contributed by atoms with E-state index < -0.39 is 0 Å². The van der Waals surface area contributed by atoms with E-state index in [2.05, 4.69) is 0 Å². The molecule has 0 N–H and O–H groups in total. The Morgan fingerprint density at radius 3 is 2.67 bits per heavy atom. The fourth-order valence-electron chi connectivity index (χ4n) is 3.01. The van der Waals surface area contributed by atoms with Crippen molar-refractivity contribution in [3.63, 3.8) is 0 Å². The lowest BCUT2D eigenvalue weighted by molar-refractivity contribution is -0.131. The standard InChI is InChI=1S/C17H23NO3/c1-18(16(19)13-12-17(13)8-9-17)10-5-11-21-15-7-4-3-6-14(15)20-2/h3-4,6-7,13H,5,8-12H2,1-2H3/t13-/m1/s1. The van der Waals surface area contributed by atoms with Gasteiger partial charge in [0.1, 0.15) is 0 Å². The third-order valence-electron chi connectivity index (χ3n) is 4.72. The summed E-state index contributed by atoms with van der Waals surface area (Å²) in [6, 6.07) is 7.62. The Balaban J connectivity index is 1.39. The van der Waals surface area contributed by atoms with E-state index in [-0.39, 0.29) is 0 Å². The van der Waals surface area contributed by atoms with Crippen molar-refractivity contribution in [1.82, 2.24) is 4.90 Å². The number of amides is 1. The molecule has 1 aromatic carbocycles. The first kappa shape index (κ1) is 14.2. The zero-order valence-electron chi connectivity index (χ0n) is 12.8. The smallest absolute Gasteiger partial charge is 0.226 e. The SMILES string of the molecule is COc1ccccc1OCCCN(C)C(=O)[C@H]1CC12CC2. The highest BCUT2D eigenvalue weighted by Gasteiger charge is 2.66. The van der Waals surface area contributed by atoms with Gasteiger partial charge in [-0.1, -0.05) is 12.1 Å². The third-order valence-corrected chi connectivity index (χ3v) is 4.72. The predicted octanol–water partition coefficient (Wildman–Crippen LogP) is 2.72. The van der Waals surface area contributed by atoms with Crippen LogP contribution in [-0.2, 0) is 4.79 Å². The van der Waals surface area contributed by atoms with E-state index in [9.17, 15) is 4.79 Å². The predicted molar refractivity (Wildman–Crippen MR) is 80.5 cm³/mol. The average molecular weight is 289 g/mol. The molecular formula is C17H23NO3. The number of methoxy groups -OCH3 is 1. The second-order valence-electron chi connectivity index (χ2n) is 6.23. The fraction of sp³-hybridized carbons (Fsp3) is 0.588. The minimum absolute atomic E-state index is 0.317. The molecule has 4 heteroatoms. The number of hydrogen-bond donors (Lipinski definition) is 0. The summed E-state index contributed by atoms with van der Waals surface area (Å²) in [6.45, 7) is 1.34. The molecule has 0 bridgehead atoms. The van der Waals surface area contributed by atoms with Gasteiger partial charge in [-0.3, -0.25) is 4.79 Å². The van der Waals surface area contributed by atoms with Gasteiger partial charge >= 0.3 is 0 Å². The molecule has 21 heavy (non-hydrogen) atoms. The van der Waals surface area contributed by atoms with E-state index in [4.69, 9.17) is 9.47 Å². The van der Waals surface area contributed by atoms with Gasteiger partial charge in [-0.05, 0) is 43.2 Å². The largest absolute Gasteiger partial charge is 0.493 e. The van der Waals surface area contributed by atoms with Crippen LogP contribution in [-0.4, -0.2) is 38.1 Å². The summed E-state index contributed by atoms with van der Waals surface area (Å²) >= 11 is 0. The maximum atomic E-state index is 12.2. The fourth-order valence-corrected chi connectivity index (χ4v) is 3.01. The number of rotatable bonds is 7. The molecule has 0 saturated heterocycles. The van der Waals surface area contributed by atoms with E-state index in [0.29, 0.717) is 23.8 Å². The maximum absolute atomic E-state index is 12.2. The lowest BCUT2D eigenvalue weighted by atomic mass is 10.2. The van der Waals surface area contributed by atoms with Crippen LogP contribution >= 0.6 is 0 Å². The summed E-state index contributed by atoms with van der Waals surface area (Å²) in [4.78, 5) is 14.1. The Morgan fingerprint density at radius 2 is 2.05 bits per heavy atom. The van der Waals surface area contributed by atoms with Crippen LogP contribution in [0.2, 0.25) is 0 Å². The van der Waals surface area contributed by atoms with E-state index in [1.807, 2.05) is 36.2 Å². The molecule has 0 radical (unpaired) electrons. The van der Waals surface area contributed by atoms with E-state index >= 15 is 0 Å². The van der Waals surface area contributed by atoms with Crippen LogP contribution in [0.4, 0.5) is 0 Å². The van der Waals surface area contributed by atoms with Gasteiger partial charge in [-0.15, -0.1) is 0 Å². The minimum atomic E-state index is 0.317. The van der Waals surface area contributed by atoms with Crippen molar-refractivity contribution in [1.29, 1.82) is 0 Å². The van der Waals surface area contributed by atoms with Gasteiger partial charge in [0.05, 0.1) is 13.7 Å². The van der Waals surface area contributed by atoms with Crippen LogP contribution in [0.1, 0.15) is 25.7 Å². The summed E-state index contributed by atoms with van der Waals surface area (Å²) in [6.07, 6.45) is 4.47. The van der Waals surface area contributed by atoms with Gasteiger partial charge in [0.25, 0.3) is 0 Å². The second kappa shape index (κ2) is 5.58. The number of carbonyl (C=O) groups excluding carboxylic acids is 1. The second-order valence-corrected chi connectivity index (χ2v) is 6.23. The number of hydrogen-bond acceptors (Lipinski definition) is 3. The number of nitrogens with zero attached hydrogens (tertiary/aromatic N) is 1. The van der Waals surface area contributed by atoms with Crippen LogP contribution in [0.25, 0.3) is 0 Å². The third kappa shape index (κ3) is 2.99. The first-order valence-corrected chi connectivity index (χ1v) is 7.67. The Kier molecular flexibility index (Phi) is 3.79. The molecule has 1 atom stereocenters. The van der Waals surface area contributed by atoms with Gasteiger partial charge in [-0.25, -0.2) is 0 Å². The Bertz CT molecular complexity index is 525. The number of para-hydroxylation sites is 2. The molecule has 1 amide bonds. The summed E-state index contributed by atoms with van der Waals surface area (Å²) in [5, 5.41) is 0. The molecule has 2 aliphatic carbocycles. The van der Waals surface area contributed by atoms with Crippen LogP contribution in [0, 0.1) is 11.3 Å². The van der Waals surface area contributed by atoms with Crippen LogP contribution in [0.15, 0.2) is 24.3 Å². The molecule has 0 aromatic heterocycles. The maximum Gasteiger partial charge on any atom is 0.226 e. The number of benzene rings is 1. The zero-order chi connectivity index (χ0) is 14.9. The van der Waals surface area contributed by atoms with Crippen molar-refractivity contribution in [2.24, 2.45) is 11.3 Å². The molecule has 1 aromatic rings. The summed E-state index contributed by atoms with van der Waals surface area (Å²) in [5.41, 5.74) is 0.444. The first-order chi connectivity index (χ1) is 10.2. The monoisotopic (exact) mass is 289 g/mol. The van der Waals surface area contributed by atoms with E-state index in [1.54, 1.807) is 7.11 Å².